The quantitative estimate of drug-likeness (QED) is 0.486. The fraction of sp³-hybridized carbons (Fsp3) is 0.400. The predicted molar refractivity (Wildman–Crippen MR) is 123 cm³/mol. The first-order valence-corrected chi connectivity index (χ1v) is 10.9. The van der Waals surface area contributed by atoms with Crippen LogP contribution in [0.2, 0.25) is 0 Å². The van der Waals surface area contributed by atoms with E-state index in [1.165, 1.54) is 0 Å². The summed E-state index contributed by atoms with van der Waals surface area (Å²) >= 11 is 0. The lowest BCUT2D eigenvalue weighted by Crippen LogP contribution is -2.56. The minimum Gasteiger partial charge on any atom is -0.480 e. The van der Waals surface area contributed by atoms with E-state index in [1.54, 1.807) is 20.8 Å². The molecule has 3 rings (SSSR count). The molecule has 0 heterocycles. The fourth-order valence-corrected chi connectivity index (χ4v) is 4.07. The lowest BCUT2D eigenvalue weighted by molar-refractivity contribution is -0.143. The van der Waals surface area contributed by atoms with Crippen LogP contribution in [-0.4, -0.2) is 53.5 Å². The number of alkyl carbamates (subject to hydrolysis) is 1. The number of hydrogen-bond acceptors (Lipinski definition) is 5. The molecule has 2 aromatic carbocycles. The third-order valence-corrected chi connectivity index (χ3v) is 5.77. The van der Waals surface area contributed by atoms with Crippen LogP contribution in [0.5, 0.6) is 0 Å². The van der Waals surface area contributed by atoms with E-state index in [0.717, 1.165) is 22.3 Å². The van der Waals surface area contributed by atoms with Gasteiger partial charge in [-0.25, -0.2) is 9.59 Å². The number of aliphatic carboxylic acids is 1. The number of aliphatic hydroxyl groups is 1. The standard InChI is InChI=1S/C25H30N2O6/c1-25(2,3)21(22(29)26-20(12-13-28)23(30)31)27-24(32)33-14-19-17-10-6-4-8-15(17)16-9-5-7-11-18(16)19/h4-11,19-21,28H,12-14H2,1-3H3,(H,26,29)(H,27,32)(H,30,31)/t20?,21-/m0/s1. The van der Waals surface area contributed by atoms with E-state index < -0.39 is 42.1 Å². The van der Waals surface area contributed by atoms with Crippen molar-refractivity contribution in [1.82, 2.24) is 10.6 Å². The van der Waals surface area contributed by atoms with Crippen LogP contribution in [0.25, 0.3) is 11.1 Å². The number of carboxylic acids is 1. The number of carbonyl (C=O) groups excluding carboxylic acids is 2. The Balaban J connectivity index is 1.69. The molecule has 176 valence electrons. The summed E-state index contributed by atoms with van der Waals surface area (Å²) < 4.78 is 5.53. The molecular weight excluding hydrogens is 424 g/mol. The number of amides is 2. The maximum atomic E-state index is 12.8. The monoisotopic (exact) mass is 454 g/mol. The highest BCUT2D eigenvalue weighted by Gasteiger charge is 2.36. The van der Waals surface area contributed by atoms with Gasteiger partial charge in [0.25, 0.3) is 0 Å². The normalized spacial score (nSPS) is 14.5. The molecule has 1 aliphatic carbocycles. The van der Waals surface area contributed by atoms with E-state index in [-0.39, 0.29) is 18.9 Å². The number of carbonyl (C=O) groups is 3. The smallest absolute Gasteiger partial charge is 0.407 e. The molecule has 0 spiro atoms. The number of rotatable bonds is 8. The summed E-state index contributed by atoms with van der Waals surface area (Å²) in [7, 11) is 0. The zero-order chi connectivity index (χ0) is 24.2. The number of aliphatic hydroxyl groups excluding tert-OH is 1. The van der Waals surface area contributed by atoms with Crippen LogP contribution in [0.15, 0.2) is 48.5 Å². The van der Waals surface area contributed by atoms with Gasteiger partial charge in [0.15, 0.2) is 0 Å². The van der Waals surface area contributed by atoms with Crippen molar-refractivity contribution in [2.45, 2.75) is 45.2 Å². The van der Waals surface area contributed by atoms with Gasteiger partial charge in [0.1, 0.15) is 18.7 Å². The molecule has 2 amide bonds. The first-order chi connectivity index (χ1) is 15.6. The van der Waals surface area contributed by atoms with Crippen LogP contribution >= 0.6 is 0 Å². The number of nitrogens with one attached hydrogen (secondary N) is 2. The Bertz CT molecular complexity index is 984. The Morgan fingerprint density at radius 1 is 0.970 bits per heavy atom. The minimum atomic E-state index is -1.26. The van der Waals surface area contributed by atoms with Crippen LogP contribution < -0.4 is 10.6 Å². The number of ether oxygens (including phenoxy) is 1. The summed E-state index contributed by atoms with van der Waals surface area (Å²) in [5.74, 6) is -2.03. The van der Waals surface area contributed by atoms with Crippen LogP contribution in [0.3, 0.4) is 0 Å². The largest absolute Gasteiger partial charge is 0.480 e. The summed E-state index contributed by atoms with van der Waals surface area (Å²) in [5, 5.41) is 23.3. The van der Waals surface area contributed by atoms with E-state index in [0.29, 0.717) is 0 Å². The maximum Gasteiger partial charge on any atom is 0.407 e. The van der Waals surface area contributed by atoms with E-state index in [9.17, 15) is 19.5 Å². The Hall–Kier alpha value is -3.39. The van der Waals surface area contributed by atoms with Gasteiger partial charge in [-0.05, 0) is 27.7 Å². The van der Waals surface area contributed by atoms with Gasteiger partial charge in [0, 0.05) is 18.9 Å². The molecule has 8 heteroatoms. The summed E-state index contributed by atoms with van der Waals surface area (Å²) in [6, 6.07) is 13.7. The minimum absolute atomic E-state index is 0.0978. The van der Waals surface area contributed by atoms with Gasteiger partial charge in [-0.3, -0.25) is 4.79 Å². The van der Waals surface area contributed by atoms with Crippen molar-refractivity contribution in [2.24, 2.45) is 5.41 Å². The molecule has 33 heavy (non-hydrogen) atoms. The first kappa shape index (κ1) is 24.3. The van der Waals surface area contributed by atoms with Crippen molar-refractivity contribution < 1.29 is 29.3 Å². The van der Waals surface area contributed by atoms with Gasteiger partial charge in [0.05, 0.1) is 0 Å². The third kappa shape index (κ3) is 5.51. The van der Waals surface area contributed by atoms with Crippen LogP contribution in [0.4, 0.5) is 4.79 Å². The molecule has 2 aromatic rings. The van der Waals surface area contributed by atoms with E-state index >= 15 is 0 Å². The van der Waals surface area contributed by atoms with Gasteiger partial charge in [0.2, 0.25) is 5.91 Å². The zero-order valence-corrected chi connectivity index (χ0v) is 19.0. The maximum absolute atomic E-state index is 12.8. The van der Waals surface area contributed by atoms with E-state index in [4.69, 9.17) is 9.84 Å². The number of benzene rings is 2. The van der Waals surface area contributed by atoms with Gasteiger partial charge in [-0.1, -0.05) is 69.3 Å². The molecule has 8 nitrogen and oxygen atoms in total. The van der Waals surface area contributed by atoms with Crippen LogP contribution in [0, 0.1) is 5.41 Å². The lowest BCUT2D eigenvalue weighted by atomic mass is 9.86. The predicted octanol–water partition coefficient (Wildman–Crippen LogP) is 2.89. The highest BCUT2D eigenvalue weighted by atomic mass is 16.5. The Kier molecular flexibility index (Phi) is 7.38. The molecular formula is C25H30N2O6. The number of hydrogen-bond donors (Lipinski definition) is 4. The molecule has 0 bridgehead atoms. The van der Waals surface area contributed by atoms with Gasteiger partial charge in [-0.2, -0.15) is 0 Å². The molecule has 2 atom stereocenters. The summed E-state index contributed by atoms with van der Waals surface area (Å²) in [4.78, 5) is 36.8. The number of fused-ring (bicyclic) bond motifs is 3. The van der Waals surface area contributed by atoms with E-state index in [2.05, 4.69) is 10.6 Å². The summed E-state index contributed by atoms with van der Waals surface area (Å²) in [6.07, 6.45) is -0.899. The van der Waals surface area contributed by atoms with Crippen molar-refractivity contribution in [3.8, 4) is 11.1 Å². The fourth-order valence-electron chi connectivity index (χ4n) is 4.07. The van der Waals surface area contributed by atoms with Gasteiger partial charge in [-0.15, -0.1) is 0 Å². The topological polar surface area (TPSA) is 125 Å². The Morgan fingerprint density at radius 2 is 1.52 bits per heavy atom. The van der Waals surface area contributed by atoms with Crippen molar-refractivity contribution in [1.29, 1.82) is 0 Å². The molecule has 1 unspecified atom stereocenters. The first-order valence-electron chi connectivity index (χ1n) is 10.9. The van der Waals surface area contributed by atoms with Crippen molar-refractivity contribution in [3.05, 3.63) is 59.7 Å². The second kappa shape index (κ2) is 10.0. The highest BCUT2D eigenvalue weighted by Crippen LogP contribution is 2.44. The van der Waals surface area contributed by atoms with Crippen molar-refractivity contribution >= 4 is 18.0 Å². The lowest BCUT2D eigenvalue weighted by Gasteiger charge is -2.31. The highest BCUT2D eigenvalue weighted by molar-refractivity contribution is 5.90. The van der Waals surface area contributed by atoms with Gasteiger partial charge < -0.3 is 25.6 Å². The average Bonchev–Trinajstić information content (AvgIpc) is 3.08. The summed E-state index contributed by atoms with van der Waals surface area (Å²) in [5.41, 5.74) is 3.66. The molecule has 0 radical (unpaired) electrons. The van der Waals surface area contributed by atoms with Gasteiger partial charge >= 0.3 is 12.1 Å². The molecule has 0 aromatic heterocycles. The SMILES string of the molecule is CC(C)(C)[C@@H](NC(=O)OCC1c2ccccc2-c2ccccc21)C(=O)NC(CCO)C(=O)O. The number of carboxylic acid groups (broad SMARTS) is 1. The van der Waals surface area contributed by atoms with Crippen LogP contribution in [-0.2, 0) is 14.3 Å². The molecule has 0 fully saturated rings. The molecule has 0 saturated carbocycles. The second-order valence-corrected chi connectivity index (χ2v) is 9.18. The zero-order valence-electron chi connectivity index (χ0n) is 19.0. The third-order valence-electron chi connectivity index (χ3n) is 5.77. The van der Waals surface area contributed by atoms with Crippen molar-refractivity contribution in [2.75, 3.05) is 13.2 Å². The van der Waals surface area contributed by atoms with E-state index in [1.807, 2.05) is 48.5 Å². The van der Waals surface area contributed by atoms with Crippen LogP contribution in [0.1, 0.15) is 44.2 Å². The molecule has 4 N–H and O–H groups in total. The summed E-state index contributed by atoms with van der Waals surface area (Å²) in [6.45, 7) is 4.96. The Morgan fingerprint density at radius 3 is 2.00 bits per heavy atom. The Labute approximate surface area is 193 Å². The molecule has 0 aliphatic heterocycles. The second-order valence-electron chi connectivity index (χ2n) is 9.18. The van der Waals surface area contributed by atoms with Crippen molar-refractivity contribution in [3.63, 3.8) is 0 Å². The molecule has 1 aliphatic rings. The molecule has 0 saturated heterocycles. The average molecular weight is 455 g/mol.